The third kappa shape index (κ3) is 2.74. The van der Waals surface area contributed by atoms with Gasteiger partial charge in [-0.3, -0.25) is 4.99 Å². The van der Waals surface area contributed by atoms with Crippen LogP contribution in [0.15, 0.2) is 16.8 Å². The zero-order chi connectivity index (χ0) is 8.10. The maximum absolute atomic E-state index is 5.39. The van der Waals surface area contributed by atoms with Gasteiger partial charge in [-0.25, -0.2) is 0 Å². The third-order valence-electron chi connectivity index (χ3n) is 1.59. The standard InChI is InChI=1S/C9H15NO/c1-3-6-11-9-5-4-8(2)10-7-9/h5,7-8H,3-4,6H2,1-2H3. The normalized spacial score (nSPS) is 23.1. The molecule has 0 N–H and O–H groups in total. The Morgan fingerprint density at radius 3 is 3.09 bits per heavy atom. The van der Waals surface area contributed by atoms with Gasteiger partial charge < -0.3 is 4.74 Å². The van der Waals surface area contributed by atoms with Crippen LogP contribution in [0.3, 0.4) is 0 Å². The summed E-state index contributed by atoms with van der Waals surface area (Å²) in [6, 6.07) is 0.434. The van der Waals surface area contributed by atoms with E-state index in [1.807, 2.05) is 6.21 Å². The van der Waals surface area contributed by atoms with Gasteiger partial charge in [-0.2, -0.15) is 0 Å². The second-order valence-corrected chi connectivity index (χ2v) is 2.82. The first-order valence-corrected chi connectivity index (χ1v) is 4.19. The van der Waals surface area contributed by atoms with Crippen molar-refractivity contribution in [2.45, 2.75) is 32.7 Å². The highest BCUT2D eigenvalue weighted by molar-refractivity contribution is 5.76. The Hall–Kier alpha value is -0.790. The van der Waals surface area contributed by atoms with E-state index in [4.69, 9.17) is 4.74 Å². The van der Waals surface area contributed by atoms with Crippen LogP contribution in [0.4, 0.5) is 0 Å². The molecule has 0 saturated heterocycles. The summed E-state index contributed by atoms with van der Waals surface area (Å²) in [4.78, 5) is 4.25. The molecule has 0 spiro atoms. The van der Waals surface area contributed by atoms with Crippen LogP contribution < -0.4 is 0 Å². The van der Waals surface area contributed by atoms with Crippen LogP contribution >= 0.6 is 0 Å². The highest BCUT2D eigenvalue weighted by atomic mass is 16.5. The Morgan fingerprint density at radius 2 is 2.55 bits per heavy atom. The minimum absolute atomic E-state index is 0.434. The summed E-state index contributed by atoms with van der Waals surface area (Å²) in [5, 5.41) is 0. The smallest absolute Gasteiger partial charge is 0.133 e. The molecule has 0 aromatic rings. The molecular weight excluding hydrogens is 138 g/mol. The Kier molecular flexibility index (Phi) is 3.14. The fourth-order valence-corrected chi connectivity index (χ4v) is 0.917. The summed E-state index contributed by atoms with van der Waals surface area (Å²) >= 11 is 0. The third-order valence-corrected chi connectivity index (χ3v) is 1.59. The summed E-state index contributed by atoms with van der Waals surface area (Å²) < 4.78 is 5.39. The highest BCUT2D eigenvalue weighted by Crippen LogP contribution is 2.08. The van der Waals surface area contributed by atoms with E-state index in [1.54, 1.807) is 0 Å². The molecule has 11 heavy (non-hydrogen) atoms. The Labute approximate surface area is 68.0 Å². The Morgan fingerprint density at radius 1 is 1.73 bits per heavy atom. The molecule has 2 heteroatoms. The van der Waals surface area contributed by atoms with Crippen LogP contribution in [0, 0.1) is 0 Å². The van der Waals surface area contributed by atoms with Crippen molar-refractivity contribution in [1.82, 2.24) is 0 Å². The molecule has 1 atom stereocenters. The van der Waals surface area contributed by atoms with Gasteiger partial charge in [0.05, 0.1) is 18.9 Å². The van der Waals surface area contributed by atoms with Crippen molar-refractivity contribution in [3.05, 3.63) is 11.8 Å². The second-order valence-electron chi connectivity index (χ2n) is 2.82. The van der Waals surface area contributed by atoms with E-state index >= 15 is 0 Å². The molecule has 1 unspecified atom stereocenters. The molecule has 0 radical (unpaired) electrons. The quantitative estimate of drug-likeness (QED) is 0.609. The highest BCUT2D eigenvalue weighted by Gasteiger charge is 2.03. The molecule has 1 heterocycles. The molecule has 0 amide bonds. The molecule has 0 saturated carbocycles. The largest absolute Gasteiger partial charge is 0.492 e. The molecule has 2 nitrogen and oxygen atoms in total. The van der Waals surface area contributed by atoms with Crippen molar-refractivity contribution >= 4 is 6.21 Å². The lowest BCUT2D eigenvalue weighted by Gasteiger charge is -2.11. The van der Waals surface area contributed by atoms with Crippen LogP contribution in [0.5, 0.6) is 0 Å². The zero-order valence-electron chi connectivity index (χ0n) is 7.21. The van der Waals surface area contributed by atoms with E-state index < -0.39 is 0 Å². The summed E-state index contributed by atoms with van der Waals surface area (Å²) in [6.07, 6.45) is 5.99. The van der Waals surface area contributed by atoms with Crippen molar-refractivity contribution in [3.8, 4) is 0 Å². The number of hydrogen-bond donors (Lipinski definition) is 0. The van der Waals surface area contributed by atoms with Gasteiger partial charge in [0.25, 0.3) is 0 Å². The lowest BCUT2D eigenvalue weighted by atomic mass is 10.2. The molecule has 0 aromatic carbocycles. The lowest BCUT2D eigenvalue weighted by Crippen LogP contribution is -2.06. The van der Waals surface area contributed by atoms with Crippen molar-refractivity contribution in [3.63, 3.8) is 0 Å². The first kappa shape index (κ1) is 8.31. The zero-order valence-corrected chi connectivity index (χ0v) is 7.21. The van der Waals surface area contributed by atoms with Crippen LogP contribution in [-0.4, -0.2) is 18.9 Å². The van der Waals surface area contributed by atoms with Gasteiger partial charge in [0.15, 0.2) is 0 Å². The van der Waals surface area contributed by atoms with Crippen molar-refractivity contribution in [2.24, 2.45) is 4.99 Å². The minimum atomic E-state index is 0.434. The minimum Gasteiger partial charge on any atom is -0.492 e. The number of nitrogens with zero attached hydrogens (tertiary/aromatic N) is 1. The van der Waals surface area contributed by atoms with Crippen molar-refractivity contribution in [1.29, 1.82) is 0 Å². The SMILES string of the molecule is CCCOC1=CCC(C)N=C1. The number of allylic oxidation sites excluding steroid dienone is 1. The molecule has 0 aromatic heterocycles. The molecule has 0 fully saturated rings. The van der Waals surface area contributed by atoms with E-state index in [2.05, 4.69) is 24.9 Å². The number of aliphatic imine (C=N–C) groups is 1. The van der Waals surface area contributed by atoms with Gasteiger partial charge in [0.2, 0.25) is 0 Å². The average molecular weight is 153 g/mol. The van der Waals surface area contributed by atoms with E-state index in [0.29, 0.717) is 6.04 Å². The van der Waals surface area contributed by atoms with Gasteiger partial charge in [0.1, 0.15) is 5.76 Å². The van der Waals surface area contributed by atoms with Crippen molar-refractivity contribution < 1.29 is 4.74 Å². The monoisotopic (exact) mass is 153 g/mol. The fourth-order valence-electron chi connectivity index (χ4n) is 0.917. The van der Waals surface area contributed by atoms with E-state index in [-0.39, 0.29) is 0 Å². The van der Waals surface area contributed by atoms with Gasteiger partial charge in [-0.15, -0.1) is 0 Å². The number of ether oxygens (including phenoxy) is 1. The molecule has 1 aliphatic rings. The van der Waals surface area contributed by atoms with E-state index in [9.17, 15) is 0 Å². The van der Waals surface area contributed by atoms with Gasteiger partial charge in [0, 0.05) is 0 Å². The molecular formula is C9H15NO. The second kappa shape index (κ2) is 4.16. The lowest BCUT2D eigenvalue weighted by molar-refractivity contribution is 0.230. The summed E-state index contributed by atoms with van der Waals surface area (Å²) in [6.45, 7) is 5.00. The molecule has 62 valence electrons. The van der Waals surface area contributed by atoms with Crippen LogP contribution in [0.25, 0.3) is 0 Å². The number of hydrogen-bond acceptors (Lipinski definition) is 2. The topological polar surface area (TPSA) is 21.6 Å². The van der Waals surface area contributed by atoms with Crippen LogP contribution in [-0.2, 0) is 4.74 Å². The predicted octanol–water partition coefficient (Wildman–Crippen LogP) is 2.16. The molecule has 1 aliphatic heterocycles. The molecule has 1 rings (SSSR count). The summed E-state index contributed by atoms with van der Waals surface area (Å²) in [7, 11) is 0. The maximum Gasteiger partial charge on any atom is 0.133 e. The first-order chi connectivity index (χ1) is 5.33. The first-order valence-electron chi connectivity index (χ1n) is 4.19. The number of dihydropyridines is 1. The molecule has 0 aliphatic carbocycles. The fraction of sp³-hybridized carbons (Fsp3) is 0.667. The van der Waals surface area contributed by atoms with E-state index in [0.717, 1.165) is 25.2 Å². The number of rotatable bonds is 3. The summed E-state index contributed by atoms with van der Waals surface area (Å²) in [5.41, 5.74) is 0. The van der Waals surface area contributed by atoms with Gasteiger partial charge in [-0.05, 0) is 25.8 Å². The summed E-state index contributed by atoms with van der Waals surface area (Å²) in [5.74, 6) is 0.935. The van der Waals surface area contributed by atoms with E-state index in [1.165, 1.54) is 0 Å². The molecule has 0 bridgehead atoms. The van der Waals surface area contributed by atoms with Gasteiger partial charge in [-0.1, -0.05) is 6.92 Å². The van der Waals surface area contributed by atoms with Crippen molar-refractivity contribution in [2.75, 3.05) is 6.61 Å². The van der Waals surface area contributed by atoms with Crippen LogP contribution in [0.1, 0.15) is 26.7 Å². The average Bonchev–Trinajstić information content (AvgIpc) is 2.04. The Balaban J connectivity index is 2.31. The Bertz CT molecular complexity index is 172. The maximum atomic E-state index is 5.39. The van der Waals surface area contributed by atoms with Crippen LogP contribution in [0.2, 0.25) is 0 Å². The van der Waals surface area contributed by atoms with Gasteiger partial charge >= 0.3 is 0 Å². The predicted molar refractivity (Wildman–Crippen MR) is 46.9 cm³/mol.